The van der Waals surface area contributed by atoms with E-state index in [9.17, 15) is 14.3 Å². The Morgan fingerprint density at radius 2 is 1.84 bits per heavy atom. The molecule has 0 bridgehead atoms. The molecule has 0 saturated carbocycles. The first-order valence-corrected chi connectivity index (χ1v) is 6.07. The van der Waals surface area contributed by atoms with E-state index in [1.807, 2.05) is 0 Å². The van der Waals surface area contributed by atoms with E-state index >= 15 is 0 Å². The van der Waals surface area contributed by atoms with Crippen LogP contribution in [0, 0.1) is 5.82 Å². The van der Waals surface area contributed by atoms with Gasteiger partial charge in [0.05, 0.1) is 0 Å². The quantitative estimate of drug-likeness (QED) is 0.872. The highest BCUT2D eigenvalue weighted by Crippen LogP contribution is 2.35. The number of aldehydes is 1. The molecule has 2 aromatic carbocycles. The third kappa shape index (κ3) is 2.53. The lowest BCUT2D eigenvalue weighted by Crippen LogP contribution is -2.24. The molecule has 0 spiro atoms. The van der Waals surface area contributed by atoms with Crippen LogP contribution in [0.4, 0.5) is 4.39 Å². The summed E-state index contributed by atoms with van der Waals surface area (Å²) in [7, 11) is 0. The van der Waals surface area contributed by atoms with Crippen LogP contribution in [0.25, 0.3) is 0 Å². The van der Waals surface area contributed by atoms with Crippen LogP contribution >= 0.6 is 11.6 Å². The van der Waals surface area contributed by atoms with E-state index < -0.39 is 11.4 Å². The molecule has 98 valence electrons. The number of hydrogen-bond acceptors (Lipinski definition) is 2. The summed E-state index contributed by atoms with van der Waals surface area (Å²) in [6.45, 7) is 1.47. The van der Waals surface area contributed by atoms with E-state index in [0.29, 0.717) is 17.4 Å². The number of carbonyl (C=O) groups is 1. The normalized spacial score (nSPS) is 13.9. The second-order valence-corrected chi connectivity index (χ2v) is 4.82. The lowest BCUT2D eigenvalue weighted by molar-refractivity contribution is 0.0979. The van der Waals surface area contributed by atoms with Gasteiger partial charge in [-0.1, -0.05) is 41.9 Å². The predicted octanol–water partition coefficient (Wildman–Crippen LogP) is 3.55. The number of carbonyl (C=O) groups excluding carboxylic acids is 1. The Kier molecular flexibility index (Phi) is 3.69. The van der Waals surface area contributed by atoms with Gasteiger partial charge >= 0.3 is 0 Å². The van der Waals surface area contributed by atoms with E-state index in [4.69, 9.17) is 11.6 Å². The van der Waals surface area contributed by atoms with Crippen LogP contribution < -0.4 is 0 Å². The van der Waals surface area contributed by atoms with Crippen LogP contribution in [0.5, 0.6) is 0 Å². The van der Waals surface area contributed by atoms with Gasteiger partial charge in [0.15, 0.2) is 0 Å². The zero-order valence-corrected chi connectivity index (χ0v) is 11.0. The summed E-state index contributed by atoms with van der Waals surface area (Å²) >= 11 is 5.97. The maximum atomic E-state index is 13.9. The molecule has 0 heterocycles. The van der Waals surface area contributed by atoms with Gasteiger partial charge < -0.3 is 5.11 Å². The molecule has 0 radical (unpaired) electrons. The summed E-state index contributed by atoms with van der Waals surface area (Å²) < 4.78 is 13.9. The Morgan fingerprint density at radius 3 is 2.37 bits per heavy atom. The van der Waals surface area contributed by atoms with Gasteiger partial charge in [-0.3, -0.25) is 4.79 Å². The van der Waals surface area contributed by atoms with Gasteiger partial charge in [0.2, 0.25) is 0 Å². The summed E-state index contributed by atoms with van der Waals surface area (Å²) in [6.07, 6.45) is 0.703. The third-order valence-electron chi connectivity index (χ3n) is 3.06. The van der Waals surface area contributed by atoms with Crippen LogP contribution in [0.3, 0.4) is 0 Å². The van der Waals surface area contributed by atoms with Gasteiger partial charge in [-0.15, -0.1) is 0 Å². The minimum atomic E-state index is -1.57. The molecular formula is C15H12ClFO2. The number of rotatable bonds is 3. The second kappa shape index (κ2) is 5.11. The summed E-state index contributed by atoms with van der Waals surface area (Å²) in [5.41, 5.74) is -0.594. The maximum Gasteiger partial charge on any atom is 0.150 e. The average Bonchev–Trinajstić information content (AvgIpc) is 2.38. The SMILES string of the molecule is CC(O)(c1ccc(C=O)cc1)c1c(F)cccc1Cl. The van der Waals surface area contributed by atoms with Gasteiger partial charge in [0.25, 0.3) is 0 Å². The van der Waals surface area contributed by atoms with E-state index in [2.05, 4.69) is 0 Å². The molecule has 0 aromatic heterocycles. The highest BCUT2D eigenvalue weighted by molar-refractivity contribution is 6.31. The number of benzene rings is 2. The van der Waals surface area contributed by atoms with Crippen molar-refractivity contribution < 1.29 is 14.3 Å². The third-order valence-corrected chi connectivity index (χ3v) is 3.37. The molecule has 0 aliphatic rings. The molecule has 0 amide bonds. The molecule has 0 saturated heterocycles. The Hall–Kier alpha value is -1.71. The lowest BCUT2D eigenvalue weighted by atomic mass is 9.87. The number of hydrogen-bond donors (Lipinski definition) is 1. The van der Waals surface area contributed by atoms with Crippen molar-refractivity contribution in [2.75, 3.05) is 0 Å². The lowest BCUT2D eigenvalue weighted by Gasteiger charge is -2.26. The smallest absolute Gasteiger partial charge is 0.150 e. The van der Waals surface area contributed by atoms with Gasteiger partial charge in [-0.25, -0.2) is 4.39 Å². The molecule has 0 fully saturated rings. The van der Waals surface area contributed by atoms with Crippen LogP contribution in [0.2, 0.25) is 5.02 Å². The predicted molar refractivity (Wildman–Crippen MR) is 71.9 cm³/mol. The molecule has 2 nitrogen and oxygen atoms in total. The van der Waals surface area contributed by atoms with Crippen molar-refractivity contribution in [2.45, 2.75) is 12.5 Å². The molecule has 1 N–H and O–H groups in total. The number of halogens is 2. The van der Waals surface area contributed by atoms with E-state index in [-0.39, 0.29) is 10.6 Å². The zero-order valence-electron chi connectivity index (χ0n) is 10.2. The summed E-state index contributed by atoms with van der Waals surface area (Å²) in [4.78, 5) is 10.6. The molecule has 0 aliphatic heterocycles. The molecule has 2 aromatic rings. The van der Waals surface area contributed by atoms with E-state index in [1.165, 1.54) is 25.1 Å². The maximum absolute atomic E-state index is 13.9. The first-order chi connectivity index (χ1) is 8.96. The highest BCUT2D eigenvalue weighted by atomic mass is 35.5. The van der Waals surface area contributed by atoms with Crippen molar-refractivity contribution in [1.82, 2.24) is 0 Å². The summed E-state index contributed by atoms with van der Waals surface area (Å²) in [6, 6.07) is 10.5. The topological polar surface area (TPSA) is 37.3 Å². The minimum absolute atomic E-state index is 0.0236. The fraction of sp³-hybridized carbons (Fsp3) is 0.133. The largest absolute Gasteiger partial charge is 0.381 e. The van der Waals surface area contributed by atoms with Crippen molar-refractivity contribution in [3.8, 4) is 0 Å². The molecule has 4 heteroatoms. The zero-order chi connectivity index (χ0) is 14.0. The van der Waals surface area contributed by atoms with Crippen molar-refractivity contribution in [1.29, 1.82) is 0 Å². The molecule has 19 heavy (non-hydrogen) atoms. The second-order valence-electron chi connectivity index (χ2n) is 4.41. The van der Waals surface area contributed by atoms with Crippen LogP contribution in [-0.4, -0.2) is 11.4 Å². The van der Waals surface area contributed by atoms with Crippen LogP contribution in [0.1, 0.15) is 28.4 Å². The molecule has 0 aliphatic carbocycles. The Bertz CT molecular complexity index is 586. The van der Waals surface area contributed by atoms with Crippen molar-refractivity contribution in [2.24, 2.45) is 0 Å². The molecular weight excluding hydrogens is 267 g/mol. The fourth-order valence-corrected chi connectivity index (χ4v) is 2.34. The van der Waals surface area contributed by atoms with Crippen molar-refractivity contribution >= 4 is 17.9 Å². The van der Waals surface area contributed by atoms with Gasteiger partial charge in [-0.2, -0.15) is 0 Å². The molecule has 1 atom stereocenters. The summed E-state index contributed by atoms with van der Waals surface area (Å²) in [5.74, 6) is -0.572. The minimum Gasteiger partial charge on any atom is -0.381 e. The monoisotopic (exact) mass is 278 g/mol. The highest BCUT2D eigenvalue weighted by Gasteiger charge is 2.31. The standard InChI is InChI=1S/C15H12ClFO2/c1-15(19,11-7-5-10(9-18)6-8-11)14-12(16)3-2-4-13(14)17/h2-9,19H,1H3. The van der Waals surface area contributed by atoms with Gasteiger partial charge in [0.1, 0.15) is 17.7 Å². The van der Waals surface area contributed by atoms with Gasteiger partial charge in [0, 0.05) is 16.1 Å². The number of aliphatic hydroxyl groups is 1. The Balaban J connectivity index is 2.54. The fourth-order valence-electron chi connectivity index (χ4n) is 1.99. The first kappa shape index (κ1) is 13.7. The molecule has 1 unspecified atom stereocenters. The van der Waals surface area contributed by atoms with Crippen molar-refractivity contribution in [3.05, 3.63) is 70.0 Å². The van der Waals surface area contributed by atoms with Crippen LogP contribution in [0.15, 0.2) is 42.5 Å². The molecule has 2 rings (SSSR count). The van der Waals surface area contributed by atoms with E-state index in [0.717, 1.165) is 0 Å². The first-order valence-electron chi connectivity index (χ1n) is 5.69. The van der Waals surface area contributed by atoms with Crippen molar-refractivity contribution in [3.63, 3.8) is 0 Å². The Labute approximate surface area is 115 Å². The Morgan fingerprint density at radius 1 is 1.21 bits per heavy atom. The van der Waals surface area contributed by atoms with Gasteiger partial charge in [-0.05, 0) is 24.6 Å². The average molecular weight is 279 g/mol. The summed E-state index contributed by atoms with van der Waals surface area (Å²) in [5, 5.41) is 10.7. The van der Waals surface area contributed by atoms with E-state index in [1.54, 1.807) is 24.3 Å². The van der Waals surface area contributed by atoms with Crippen LogP contribution in [-0.2, 0) is 5.60 Å².